The van der Waals surface area contributed by atoms with Crippen molar-refractivity contribution in [2.45, 2.75) is 32.2 Å². The number of likely N-dealkylation sites (N-methyl/N-ethyl adjacent to an activating group) is 1. The lowest BCUT2D eigenvalue weighted by molar-refractivity contribution is -0.134. The second-order valence-corrected chi connectivity index (χ2v) is 8.16. The van der Waals surface area contributed by atoms with E-state index >= 15 is 0 Å². The van der Waals surface area contributed by atoms with Gasteiger partial charge in [-0.15, -0.1) is 0 Å². The van der Waals surface area contributed by atoms with Gasteiger partial charge in [0.2, 0.25) is 0 Å². The maximum atomic E-state index is 12.9. The number of carbonyl (C=O) groups excluding carboxylic acids is 2. The second kappa shape index (κ2) is 8.35. The minimum Gasteiger partial charge on any atom is -0.497 e. The van der Waals surface area contributed by atoms with Crippen LogP contribution in [0.15, 0.2) is 30.3 Å². The largest absolute Gasteiger partial charge is 0.497 e. The van der Waals surface area contributed by atoms with Gasteiger partial charge in [-0.2, -0.15) is 0 Å². The van der Waals surface area contributed by atoms with Gasteiger partial charge < -0.3 is 9.64 Å². The molecule has 6 heteroatoms. The number of piperidine rings is 1. The summed E-state index contributed by atoms with van der Waals surface area (Å²) in [6.07, 6.45) is 5.66. The first-order chi connectivity index (χ1) is 13.4. The number of hydrogen-bond acceptors (Lipinski definition) is 4. The molecule has 28 heavy (non-hydrogen) atoms. The Morgan fingerprint density at radius 3 is 2.36 bits per heavy atom. The van der Waals surface area contributed by atoms with E-state index in [1.54, 1.807) is 14.2 Å². The van der Waals surface area contributed by atoms with E-state index in [1.165, 1.54) is 4.90 Å². The minimum atomic E-state index is -0.647. The van der Waals surface area contributed by atoms with Crippen molar-refractivity contribution in [1.29, 1.82) is 0 Å². The van der Waals surface area contributed by atoms with Gasteiger partial charge in [0.15, 0.2) is 0 Å². The Morgan fingerprint density at radius 2 is 1.79 bits per heavy atom. The fourth-order valence-electron chi connectivity index (χ4n) is 4.14. The van der Waals surface area contributed by atoms with Crippen LogP contribution in [0.1, 0.15) is 32.3 Å². The maximum Gasteiger partial charge on any atom is 0.327 e. The van der Waals surface area contributed by atoms with Gasteiger partial charge in [0.05, 0.1) is 7.11 Å². The van der Waals surface area contributed by atoms with Crippen LogP contribution in [-0.4, -0.2) is 72.5 Å². The minimum absolute atomic E-state index is 0.0356. The number of carbonyl (C=O) groups is 2. The first-order valence-corrected chi connectivity index (χ1v) is 10.00. The summed E-state index contributed by atoms with van der Waals surface area (Å²) in [4.78, 5) is 30.9. The van der Waals surface area contributed by atoms with Crippen LogP contribution in [0.25, 0.3) is 6.08 Å². The summed E-state index contributed by atoms with van der Waals surface area (Å²) in [6.45, 7) is 7.27. The molecule has 1 spiro atoms. The molecule has 3 amide bonds. The van der Waals surface area contributed by atoms with E-state index in [9.17, 15) is 9.59 Å². The van der Waals surface area contributed by atoms with Crippen LogP contribution in [0.3, 0.4) is 0 Å². The summed E-state index contributed by atoms with van der Waals surface area (Å²) in [6, 6.07) is 7.82. The summed E-state index contributed by atoms with van der Waals surface area (Å²) in [5, 5.41) is 0. The molecule has 0 bridgehead atoms. The molecule has 2 saturated heterocycles. The van der Waals surface area contributed by atoms with Crippen LogP contribution in [-0.2, 0) is 4.79 Å². The van der Waals surface area contributed by atoms with E-state index in [2.05, 4.69) is 30.9 Å². The van der Waals surface area contributed by atoms with Crippen LogP contribution in [0.2, 0.25) is 0 Å². The standard InChI is InChI=1S/C22H31N3O3/c1-17(2)16-25-21(27)23(3)20(26)22(25)11-14-24(15-12-22)13-5-6-18-7-9-19(28-4)10-8-18/h5-10,17H,11-16H2,1-4H3/b6-5+. The van der Waals surface area contributed by atoms with E-state index in [0.29, 0.717) is 25.3 Å². The Balaban J connectivity index is 1.60. The van der Waals surface area contributed by atoms with Gasteiger partial charge in [0.25, 0.3) is 5.91 Å². The van der Waals surface area contributed by atoms with Crippen molar-refractivity contribution in [2.75, 3.05) is 40.3 Å². The average molecular weight is 386 g/mol. The zero-order chi connectivity index (χ0) is 20.3. The van der Waals surface area contributed by atoms with Crippen LogP contribution < -0.4 is 4.74 Å². The molecule has 0 radical (unpaired) electrons. The molecule has 2 aliphatic heterocycles. The Labute approximate surface area is 167 Å². The quantitative estimate of drug-likeness (QED) is 0.706. The third-order valence-corrected chi connectivity index (χ3v) is 5.76. The molecule has 2 heterocycles. The van der Waals surface area contributed by atoms with Gasteiger partial charge in [0, 0.05) is 33.2 Å². The smallest absolute Gasteiger partial charge is 0.327 e. The van der Waals surface area contributed by atoms with E-state index in [4.69, 9.17) is 4.74 Å². The molecular weight excluding hydrogens is 354 g/mol. The third-order valence-electron chi connectivity index (χ3n) is 5.76. The maximum absolute atomic E-state index is 12.9. The number of benzene rings is 1. The number of urea groups is 1. The van der Waals surface area contributed by atoms with Gasteiger partial charge in [0.1, 0.15) is 11.3 Å². The molecule has 0 atom stereocenters. The number of hydrogen-bond donors (Lipinski definition) is 0. The highest BCUT2D eigenvalue weighted by molar-refractivity contribution is 6.06. The monoisotopic (exact) mass is 385 g/mol. The number of nitrogens with zero attached hydrogens (tertiary/aromatic N) is 3. The Morgan fingerprint density at radius 1 is 1.14 bits per heavy atom. The summed E-state index contributed by atoms with van der Waals surface area (Å²) in [5.74, 6) is 1.15. The van der Waals surface area contributed by atoms with E-state index in [-0.39, 0.29) is 11.9 Å². The normalized spacial score (nSPS) is 20.2. The zero-order valence-electron chi connectivity index (χ0n) is 17.4. The van der Waals surface area contributed by atoms with Crippen molar-refractivity contribution < 1.29 is 14.3 Å². The molecule has 3 rings (SSSR count). The first kappa shape index (κ1) is 20.4. The van der Waals surface area contributed by atoms with Crippen molar-refractivity contribution in [2.24, 2.45) is 5.92 Å². The van der Waals surface area contributed by atoms with Crippen LogP contribution in [0, 0.1) is 5.92 Å². The average Bonchev–Trinajstić information content (AvgIpc) is 2.86. The lowest BCUT2D eigenvalue weighted by Gasteiger charge is -2.42. The van der Waals surface area contributed by atoms with Crippen molar-refractivity contribution in [3.05, 3.63) is 35.9 Å². The van der Waals surface area contributed by atoms with Gasteiger partial charge in [-0.1, -0.05) is 38.1 Å². The molecule has 152 valence electrons. The highest BCUT2D eigenvalue weighted by Crippen LogP contribution is 2.37. The van der Waals surface area contributed by atoms with E-state index in [1.807, 2.05) is 29.2 Å². The lowest BCUT2D eigenvalue weighted by atomic mass is 9.85. The highest BCUT2D eigenvalue weighted by atomic mass is 16.5. The predicted octanol–water partition coefficient (Wildman–Crippen LogP) is 3.09. The van der Waals surface area contributed by atoms with Crippen LogP contribution in [0.4, 0.5) is 4.79 Å². The molecule has 0 unspecified atom stereocenters. The zero-order valence-corrected chi connectivity index (χ0v) is 17.4. The van der Waals surface area contributed by atoms with E-state index in [0.717, 1.165) is 30.9 Å². The molecule has 0 N–H and O–H groups in total. The topological polar surface area (TPSA) is 53.1 Å². The SMILES string of the molecule is COc1ccc(/C=C/CN2CCC3(CC2)C(=O)N(C)C(=O)N3CC(C)C)cc1. The third kappa shape index (κ3) is 3.92. The van der Waals surface area contributed by atoms with E-state index < -0.39 is 5.54 Å². The number of likely N-dealkylation sites (tertiary alicyclic amines) is 1. The molecule has 2 aliphatic rings. The molecule has 0 saturated carbocycles. The van der Waals surface area contributed by atoms with Gasteiger partial charge in [-0.05, 0) is 36.5 Å². The first-order valence-electron chi connectivity index (χ1n) is 10.00. The fraction of sp³-hybridized carbons (Fsp3) is 0.545. The number of imide groups is 1. The Bertz CT molecular complexity index is 734. The summed E-state index contributed by atoms with van der Waals surface area (Å²) < 4.78 is 5.18. The fourth-order valence-corrected chi connectivity index (χ4v) is 4.14. The van der Waals surface area contributed by atoms with Gasteiger partial charge in [-0.25, -0.2) is 4.79 Å². The number of rotatable bonds is 6. The number of ether oxygens (including phenoxy) is 1. The van der Waals surface area contributed by atoms with Crippen molar-refractivity contribution in [3.8, 4) is 5.75 Å². The van der Waals surface area contributed by atoms with Crippen LogP contribution >= 0.6 is 0 Å². The Kier molecular flexibility index (Phi) is 6.08. The number of amides is 3. The molecule has 2 fully saturated rings. The molecular formula is C22H31N3O3. The van der Waals surface area contributed by atoms with Crippen molar-refractivity contribution in [1.82, 2.24) is 14.7 Å². The van der Waals surface area contributed by atoms with Crippen molar-refractivity contribution in [3.63, 3.8) is 0 Å². The molecule has 0 aromatic heterocycles. The second-order valence-electron chi connectivity index (χ2n) is 8.16. The molecule has 0 aliphatic carbocycles. The van der Waals surface area contributed by atoms with Crippen molar-refractivity contribution >= 4 is 18.0 Å². The summed E-state index contributed by atoms with van der Waals surface area (Å²) >= 11 is 0. The molecule has 1 aromatic carbocycles. The summed E-state index contributed by atoms with van der Waals surface area (Å²) in [7, 11) is 3.27. The molecule has 6 nitrogen and oxygen atoms in total. The number of methoxy groups -OCH3 is 1. The summed E-state index contributed by atoms with van der Waals surface area (Å²) in [5.41, 5.74) is 0.488. The van der Waals surface area contributed by atoms with Crippen LogP contribution in [0.5, 0.6) is 5.75 Å². The Hall–Kier alpha value is -2.34. The van der Waals surface area contributed by atoms with Gasteiger partial charge >= 0.3 is 6.03 Å². The predicted molar refractivity (Wildman–Crippen MR) is 110 cm³/mol. The lowest BCUT2D eigenvalue weighted by Crippen LogP contribution is -2.57. The van der Waals surface area contributed by atoms with Gasteiger partial charge in [-0.3, -0.25) is 14.6 Å². The molecule has 1 aromatic rings. The highest BCUT2D eigenvalue weighted by Gasteiger charge is 2.56.